The third kappa shape index (κ3) is 5.48. The molecule has 1 aromatic carbocycles. The van der Waals surface area contributed by atoms with Crippen LogP contribution in [0.3, 0.4) is 0 Å². The van der Waals surface area contributed by atoms with Crippen LogP contribution in [-0.4, -0.2) is 39.2 Å². The van der Waals surface area contributed by atoms with Crippen LogP contribution in [0, 0.1) is 9.65 Å². The number of rotatable bonds is 7. The third-order valence-corrected chi connectivity index (χ3v) is 8.34. The summed E-state index contributed by atoms with van der Waals surface area (Å²) in [6, 6.07) is 3.86. The van der Waals surface area contributed by atoms with Crippen molar-refractivity contribution in [3.63, 3.8) is 0 Å². The van der Waals surface area contributed by atoms with Crippen LogP contribution in [0.15, 0.2) is 12.1 Å². The van der Waals surface area contributed by atoms with E-state index in [9.17, 15) is 17.2 Å². The number of nitrogens with one attached hydrogen (secondary N) is 1. The van der Waals surface area contributed by atoms with Gasteiger partial charge in [-0.15, -0.1) is 0 Å². The number of alkyl halides is 1. The van der Waals surface area contributed by atoms with Crippen molar-refractivity contribution in [2.24, 2.45) is 0 Å². The Kier molecular flexibility index (Phi) is 6.86. The summed E-state index contributed by atoms with van der Waals surface area (Å²) in [6.45, 7) is 5.55. The van der Waals surface area contributed by atoms with E-state index in [-0.39, 0.29) is 35.7 Å². The highest BCUT2D eigenvalue weighted by Gasteiger charge is 2.25. The molecule has 0 aliphatic heterocycles. The summed E-state index contributed by atoms with van der Waals surface area (Å²) >= 11 is 2.22. The number of anilines is 1. The molecule has 184 valence electrons. The number of aryl methyl sites for hydroxylation is 2. The summed E-state index contributed by atoms with van der Waals surface area (Å²) in [5.41, 5.74) is 8.37. The number of nitrogens with two attached hydrogens (primary N) is 1. The SMILES string of the molecule is CC(C)(C)NS(=O)(=O)CCCn1c(Cc2cc3c(cc2I)CCC3F)nc2c(N)nc(F)nc21. The van der Waals surface area contributed by atoms with Gasteiger partial charge in [-0.05, 0) is 85.4 Å². The molecule has 2 heterocycles. The van der Waals surface area contributed by atoms with Gasteiger partial charge in [0, 0.05) is 22.1 Å². The standard InChI is InChI=1S/C22H27F2IN6O2S/c1-22(2,3)30-34(32,33)8-4-7-31-17(27-18-19(26)28-21(24)29-20(18)31)11-13-9-14-12(10-16(13)25)5-6-15(14)23/h9-10,15,30H,4-8,11H2,1-3H3,(H2,26,28,29). The molecule has 1 aliphatic rings. The molecular formula is C22H27F2IN6O2S. The number of imidazole rings is 1. The number of hydrogen-bond donors (Lipinski definition) is 2. The van der Waals surface area contributed by atoms with Gasteiger partial charge in [0.1, 0.15) is 12.0 Å². The second kappa shape index (κ2) is 9.26. The Morgan fingerprint density at radius 2 is 2.00 bits per heavy atom. The smallest absolute Gasteiger partial charge is 0.312 e. The average molecular weight is 604 g/mol. The number of fused-ring (bicyclic) bond motifs is 2. The molecule has 1 unspecified atom stereocenters. The maximum atomic E-state index is 14.3. The van der Waals surface area contributed by atoms with E-state index in [1.165, 1.54) is 0 Å². The maximum absolute atomic E-state index is 14.3. The zero-order chi connectivity index (χ0) is 24.8. The number of aromatic nitrogens is 4. The highest BCUT2D eigenvalue weighted by molar-refractivity contribution is 14.1. The highest BCUT2D eigenvalue weighted by atomic mass is 127. The van der Waals surface area contributed by atoms with Gasteiger partial charge in [0.2, 0.25) is 10.0 Å². The van der Waals surface area contributed by atoms with Gasteiger partial charge in [-0.25, -0.2) is 22.5 Å². The molecule has 4 rings (SSSR count). The summed E-state index contributed by atoms with van der Waals surface area (Å²) < 4.78 is 58.5. The Labute approximate surface area is 211 Å². The van der Waals surface area contributed by atoms with Crippen molar-refractivity contribution in [3.8, 4) is 0 Å². The van der Waals surface area contributed by atoms with Crippen LogP contribution in [0.25, 0.3) is 11.2 Å². The van der Waals surface area contributed by atoms with Crippen molar-refractivity contribution < 1.29 is 17.2 Å². The van der Waals surface area contributed by atoms with Crippen LogP contribution in [0.1, 0.15) is 62.3 Å². The third-order valence-electron chi connectivity index (χ3n) is 5.59. The quantitative estimate of drug-likeness (QED) is 0.313. The zero-order valence-electron chi connectivity index (χ0n) is 19.2. The molecule has 3 aromatic rings. The van der Waals surface area contributed by atoms with Gasteiger partial charge in [0.25, 0.3) is 0 Å². The molecule has 0 spiro atoms. The van der Waals surface area contributed by atoms with E-state index >= 15 is 0 Å². The van der Waals surface area contributed by atoms with E-state index in [1.54, 1.807) is 25.3 Å². The van der Waals surface area contributed by atoms with E-state index in [2.05, 4.69) is 42.3 Å². The number of sulfonamides is 1. The fourth-order valence-electron chi connectivity index (χ4n) is 4.27. The molecule has 1 aliphatic carbocycles. The van der Waals surface area contributed by atoms with Gasteiger partial charge in [0.15, 0.2) is 17.0 Å². The second-order valence-corrected chi connectivity index (χ2v) is 12.6. The monoisotopic (exact) mass is 604 g/mol. The lowest BCUT2D eigenvalue weighted by atomic mass is 10.0. The summed E-state index contributed by atoms with van der Waals surface area (Å²) in [7, 11) is -3.51. The Morgan fingerprint density at radius 3 is 2.71 bits per heavy atom. The predicted molar refractivity (Wildman–Crippen MR) is 135 cm³/mol. The van der Waals surface area contributed by atoms with Gasteiger partial charge in [-0.2, -0.15) is 14.4 Å². The van der Waals surface area contributed by atoms with Crippen molar-refractivity contribution in [1.29, 1.82) is 0 Å². The molecule has 0 radical (unpaired) electrons. The number of nitrogens with zero attached hydrogens (tertiary/aromatic N) is 4. The molecule has 0 saturated heterocycles. The van der Waals surface area contributed by atoms with E-state index in [0.717, 1.165) is 14.7 Å². The van der Waals surface area contributed by atoms with Crippen molar-refractivity contribution in [2.75, 3.05) is 11.5 Å². The lowest BCUT2D eigenvalue weighted by Gasteiger charge is -2.20. The molecular weight excluding hydrogens is 577 g/mol. The van der Waals surface area contributed by atoms with Gasteiger partial charge < -0.3 is 10.3 Å². The van der Waals surface area contributed by atoms with Crippen LogP contribution in [0.5, 0.6) is 0 Å². The van der Waals surface area contributed by atoms with E-state index in [1.807, 2.05) is 12.1 Å². The Morgan fingerprint density at radius 1 is 1.26 bits per heavy atom. The van der Waals surface area contributed by atoms with E-state index < -0.39 is 27.8 Å². The largest absolute Gasteiger partial charge is 0.382 e. The molecule has 3 N–H and O–H groups in total. The molecule has 2 aromatic heterocycles. The first kappa shape index (κ1) is 25.2. The maximum Gasteiger partial charge on any atom is 0.312 e. The van der Waals surface area contributed by atoms with E-state index in [4.69, 9.17) is 5.73 Å². The Hall–Kier alpha value is -1.93. The molecule has 1 atom stereocenters. The predicted octanol–water partition coefficient (Wildman–Crippen LogP) is 3.81. The van der Waals surface area contributed by atoms with Crippen LogP contribution < -0.4 is 10.5 Å². The molecule has 12 heteroatoms. The number of nitrogen functional groups attached to an aromatic ring is 1. The summed E-state index contributed by atoms with van der Waals surface area (Å²) in [5, 5.41) is 0. The van der Waals surface area contributed by atoms with Crippen LogP contribution in [0.4, 0.5) is 14.6 Å². The number of benzene rings is 1. The van der Waals surface area contributed by atoms with Crippen molar-refractivity contribution in [3.05, 3.63) is 44.3 Å². The minimum Gasteiger partial charge on any atom is -0.382 e. The molecule has 0 saturated carbocycles. The van der Waals surface area contributed by atoms with Crippen molar-refractivity contribution in [1.82, 2.24) is 24.2 Å². The fraction of sp³-hybridized carbons (Fsp3) is 0.500. The minimum absolute atomic E-state index is 0.0861. The van der Waals surface area contributed by atoms with Crippen molar-refractivity contribution in [2.45, 2.75) is 64.7 Å². The number of hydrogen-bond acceptors (Lipinski definition) is 6. The molecule has 0 bridgehead atoms. The molecule has 0 fully saturated rings. The average Bonchev–Trinajstić information content (AvgIpc) is 3.21. The van der Waals surface area contributed by atoms with E-state index in [0.29, 0.717) is 30.7 Å². The highest BCUT2D eigenvalue weighted by Crippen LogP contribution is 2.37. The summed E-state index contributed by atoms with van der Waals surface area (Å²) in [4.78, 5) is 12.0. The topological polar surface area (TPSA) is 116 Å². The first-order valence-electron chi connectivity index (χ1n) is 11.0. The van der Waals surface area contributed by atoms with Gasteiger partial charge >= 0.3 is 6.08 Å². The van der Waals surface area contributed by atoms with Crippen LogP contribution >= 0.6 is 22.6 Å². The first-order chi connectivity index (χ1) is 15.8. The lowest BCUT2D eigenvalue weighted by molar-refractivity contribution is 0.343. The molecule has 0 amide bonds. The first-order valence-corrected chi connectivity index (χ1v) is 13.7. The zero-order valence-corrected chi connectivity index (χ0v) is 22.2. The molecule has 8 nitrogen and oxygen atoms in total. The molecule has 34 heavy (non-hydrogen) atoms. The van der Waals surface area contributed by atoms with Gasteiger partial charge in [0.05, 0.1) is 5.75 Å². The summed E-state index contributed by atoms with van der Waals surface area (Å²) in [5.74, 6) is 0.331. The van der Waals surface area contributed by atoms with Gasteiger partial charge in [-0.3, -0.25) is 0 Å². The number of halogens is 3. The van der Waals surface area contributed by atoms with Gasteiger partial charge in [-0.1, -0.05) is 6.07 Å². The van der Waals surface area contributed by atoms with Crippen LogP contribution in [-0.2, 0) is 29.4 Å². The summed E-state index contributed by atoms with van der Waals surface area (Å²) in [6.07, 6.45) is -0.178. The fourth-order valence-corrected chi connectivity index (χ4v) is 6.54. The van der Waals surface area contributed by atoms with Crippen molar-refractivity contribution >= 4 is 49.6 Å². The second-order valence-electron chi connectivity index (χ2n) is 9.58. The van der Waals surface area contributed by atoms with Crippen LogP contribution in [0.2, 0.25) is 0 Å². The lowest BCUT2D eigenvalue weighted by Crippen LogP contribution is -2.41. The Balaban J connectivity index is 1.67. The normalized spacial score (nSPS) is 16.4. The minimum atomic E-state index is -3.51. The Bertz CT molecular complexity index is 1350.